The molecular formula is C29H36N2O4. The average molecular weight is 477 g/mol. The third-order valence-electron chi connectivity index (χ3n) is 7.34. The predicted octanol–water partition coefficient (Wildman–Crippen LogP) is 5.10. The standard InChI is InChI=1S/C29H36N2O4/c1-35-23-11-12-27-25(19-23)24(14-16-30-27)28(32)13-10-22-15-18-31(20-26(22)29(33)34)17-6-5-9-21-7-3-2-4-8-21/h2-4,7-8,11-12,14,16,19,22,26,28,32H,5-6,9-10,13,15,17-18,20H2,1H3,(H,33,34)/t22-,26+,28-/m1/s1. The van der Waals surface area contributed by atoms with Crippen molar-refractivity contribution in [1.82, 2.24) is 9.88 Å². The number of carboxylic acid groups (broad SMARTS) is 1. The summed E-state index contributed by atoms with van der Waals surface area (Å²) in [5.41, 5.74) is 2.98. The molecule has 4 rings (SSSR count). The number of hydrogen-bond donors (Lipinski definition) is 2. The monoisotopic (exact) mass is 476 g/mol. The average Bonchev–Trinajstić information content (AvgIpc) is 2.89. The van der Waals surface area contributed by atoms with Crippen LogP contribution in [0.25, 0.3) is 10.9 Å². The van der Waals surface area contributed by atoms with Gasteiger partial charge in [-0.2, -0.15) is 0 Å². The predicted molar refractivity (Wildman–Crippen MR) is 138 cm³/mol. The molecule has 1 aromatic heterocycles. The highest BCUT2D eigenvalue weighted by atomic mass is 16.5. The Morgan fingerprint density at radius 1 is 1.17 bits per heavy atom. The van der Waals surface area contributed by atoms with Gasteiger partial charge < -0.3 is 19.8 Å². The van der Waals surface area contributed by atoms with E-state index < -0.39 is 12.1 Å². The van der Waals surface area contributed by atoms with Crippen molar-refractivity contribution in [2.45, 2.75) is 44.6 Å². The van der Waals surface area contributed by atoms with Crippen molar-refractivity contribution in [3.8, 4) is 5.75 Å². The first kappa shape index (κ1) is 25.1. The maximum atomic E-state index is 12.1. The number of aryl methyl sites for hydroxylation is 1. The number of unbranched alkanes of at least 4 members (excludes halogenated alkanes) is 1. The summed E-state index contributed by atoms with van der Waals surface area (Å²) in [5, 5.41) is 21.8. The van der Waals surface area contributed by atoms with Crippen LogP contribution < -0.4 is 4.74 Å². The van der Waals surface area contributed by atoms with E-state index in [1.165, 1.54) is 5.56 Å². The van der Waals surface area contributed by atoms with Crippen molar-refractivity contribution in [2.75, 3.05) is 26.7 Å². The highest BCUT2D eigenvalue weighted by molar-refractivity contribution is 5.83. The summed E-state index contributed by atoms with van der Waals surface area (Å²) in [7, 11) is 1.62. The Morgan fingerprint density at radius 2 is 2.00 bits per heavy atom. The molecule has 6 nitrogen and oxygen atoms in total. The molecule has 1 saturated heterocycles. The molecule has 186 valence electrons. The number of carboxylic acids is 1. The molecule has 0 unspecified atom stereocenters. The maximum absolute atomic E-state index is 12.1. The van der Waals surface area contributed by atoms with Crippen LogP contribution >= 0.6 is 0 Å². The molecule has 3 aromatic rings. The number of hydrogen-bond acceptors (Lipinski definition) is 5. The summed E-state index contributed by atoms with van der Waals surface area (Å²) >= 11 is 0. The summed E-state index contributed by atoms with van der Waals surface area (Å²) < 4.78 is 5.34. The molecule has 2 aromatic carbocycles. The van der Waals surface area contributed by atoms with E-state index in [0.29, 0.717) is 19.4 Å². The molecular weight excluding hydrogens is 440 g/mol. The SMILES string of the molecule is COc1ccc2nccc([C@H](O)CC[C@@H]3CCN(CCCCc4ccccc4)C[C@@H]3C(=O)O)c2c1. The summed E-state index contributed by atoms with van der Waals surface area (Å²) in [6.07, 6.45) is 6.36. The molecule has 2 N–H and O–H groups in total. The number of piperidine rings is 1. The van der Waals surface area contributed by atoms with E-state index in [4.69, 9.17) is 4.74 Å². The van der Waals surface area contributed by atoms with Crippen LogP contribution in [0.2, 0.25) is 0 Å². The van der Waals surface area contributed by atoms with Crippen LogP contribution in [0.5, 0.6) is 5.75 Å². The fourth-order valence-corrected chi connectivity index (χ4v) is 5.30. The molecule has 0 amide bonds. The van der Waals surface area contributed by atoms with Gasteiger partial charge in [-0.05, 0) is 92.9 Å². The molecule has 0 spiro atoms. The molecule has 3 atom stereocenters. The van der Waals surface area contributed by atoms with Crippen LogP contribution in [0.15, 0.2) is 60.8 Å². The van der Waals surface area contributed by atoms with Gasteiger partial charge in [0.15, 0.2) is 0 Å². The highest BCUT2D eigenvalue weighted by Gasteiger charge is 2.34. The van der Waals surface area contributed by atoms with Crippen LogP contribution in [0.1, 0.15) is 49.3 Å². The van der Waals surface area contributed by atoms with Gasteiger partial charge >= 0.3 is 5.97 Å². The fourth-order valence-electron chi connectivity index (χ4n) is 5.30. The largest absolute Gasteiger partial charge is 0.497 e. The van der Waals surface area contributed by atoms with Crippen molar-refractivity contribution in [1.29, 1.82) is 0 Å². The lowest BCUT2D eigenvalue weighted by Gasteiger charge is -2.37. The Morgan fingerprint density at radius 3 is 2.77 bits per heavy atom. The number of rotatable bonds is 11. The number of aliphatic carboxylic acids is 1. The number of nitrogens with zero attached hydrogens (tertiary/aromatic N) is 2. The van der Waals surface area contributed by atoms with Crippen LogP contribution in [0.3, 0.4) is 0 Å². The van der Waals surface area contributed by atoms with E-state index in [1.807, 2.05) is 30.3 Å². The molecule has 0 aliphatic carbocycles. The van der Waals surface area contributed by atoms with Crippen LogP contribution in [0, 0.1) is 11.8 Å². The quantitative estimate of drug-likeness (QED) is 0.375. The van der Waals surface area contributed by atoms with E-state index in [9.17, 15) is 15.0 Å². The smallest absolute Gasteiger partial charge is 0.308 e. The summed E-state index contributed by atoms with van der Waals surface area (Å²) in [4.78, 5) is 18.8. The lowest BCUT2D eigenvalue weighted by Crippen LogP contribution is -2.44. The molecule has 0 radical (unpaired) electrons. The van der Waals surface area contributed by atoms with Gasteiger partial charge in [-0.25, -0.2) is 0 Å². The third-order valence-corrected chi connectivity index (χ3v) is 7.34. The van der Waals surface area contributed by atoms with Crippen LogP contribution in [-0.4, -0.2) is 52.8 Å². The molecule has 6 heteroatoms. The van der Waals surface area contributed by atoms with Crippen LogP contribution in [-0.2, 0) is 11.2 Å². The first-order valence-corrected chi connectivity index (χ1v) is 12.6. The first-order valence-electron chi connectivity index (χ1n) is 12.6. The molecule has 1 aliphatic rings. The van der Waals surface area contributed by atoms with Gasteiger partial charge in [0.2, 0.25) is 0 Å². The maximum Gasteiger partial charge on any atom is 0.308 e. The van der Waals surface area contributed by atoms with Crippen LogP contribution in [0.4, 0.5) is 0 Å². The van der Waals surface area contributed by atoms with E-state index in [1.54, 1.807) is 13.3 Å². The zero-order chi connectivity index (χ0) is 24.6. The summed E-state index contributed by atoms with van der Waals surface area (Å²) in [6, 6.07) is 18.0. The zero-order valence-electron chi connectivity index (χ0n) is 20.5. The lowest BCUT2D eigenvalue weighted by molar-refractivity contribution is -0.146. The topological polar surface area (TPSA) is 82.9 Å². The molecule has 0 saturated carbocycles. The normalized spacial score (nSPS) is 19.5. The minimum absolute atomic E-state index is 0.0744. The second-order valence-corrected chi connectivity index (χ2v) is 9.61. The number of aromatic nitrogens is 1. The third kappa shape index (κ3) is 6.59. The van der Waals surface area contributed by atoms with Crippen molar-refractivity contribution >= 4 is 16.9 Å². The lowest BCUT2D eigenvalue weighted by atomic mass is 9.81. The van der Waals surface area contributed by atoms with E-state index in [2.05, 4.69) is 34.1 Å². The van der Waals surface area contributed by atoms with Crippen molar-refractivity contribution < 1.29 is 19.7 Å². The Hall–Kier alpha value is -2.96. The summed E-state index contributed by atoms with van der Waals surface area (Å²) in [5.74, 6) is -0.316. The van der Waals surface area contributed by atoms with Gasteiger partial charge in [-0.3, -0.25) is 9.78 Å². The Kier molecular flexibility index (Phi) is 8.72. The first-order chi connectivity index (χ1) is 17.0. The number of methoxy groups -OCH3 is 1. The number of pyridine rings is 1. The molecule has 2 heterocycles. The second kappa shape index (κ2) is 12.1. The van der Waals surface area contributed by atoms with Gasteiger partial charge in [-0.1, -0.05) is 30.3 Å². The number of aliphatic hydroxyl groups is 1. The minimum atomic E-state index is -0.724. The highest BCUT2D eigenvalue weighted by Crippen LogP contribution is 2.33. The number of ether oxygens (including phenoxy) is 1. The van der Waals surface area contributed by atoms with Crippen molar-refractivity contribution in [2.24, 2.45) is 11.8 Å². The molecule has 35 heavy (non-hydrogen) atoms. The number of carbonyl (C=O) groups is 1. The molecule has 0 bridgehead atoms. The van der Waals surface area contributed by atoms with E-state index in [-0.39, 0.29) is 11.8 Å². The Labute approximate surface area is 207 Å². The molecule has 1 fully saturated rings. The second-order valence-electron chi connectivity index (χ2n) is 9.61. The number of benzene rings is 2. The van der Waals surface area contributed by atoms with Crippen molar-refractivity contribution in [3.05, 3.63) is 71.9 Å². The minimum Gasteiger partial charge on any atom is -0.497 e. The van der Waals surface area contributed by atoms with Gasteiger partial charge in [0.25, 0.3) is 0 Å². The van der Waals surface area contributed by atoms with Gasteiger partial charge in [0, 0.05) is 18.1 Å². The molecule has 1 aliphatic heterocycles. The number of likely N-dealkylation sites (tertiary alicyclic amines) is 1. The van der Waals surface area contributed by atoms with Gasteiger partial charge in [-0.15, -0.1) is 0 Å². The zero-order valence-corrected chi connectivity index (χ0v) is 20.5. The van der Waals surface area contributed by atoms with Crippen molar-refractivity contribution in [3.63, 3.8) is 0 Å². The van der Waals surface area contributed by atoms with E-state index >= 15 is 0 Å². The fraction of sp³-hybridized carbons (Fsp3) is 0.448. The Bertz CT molecular complexity index is 1100. The Balaban J connectivity index is 1.30. The number of fused-ring (bicyclic) bond motifs is 1. The van der Waals surface area contributed by atoms with E-state index in [0.717, 1.165) is 61.0 Å². The van der Waals surface area contributed by atoms with Gasteiger partial charge in [0.1, 0.15) is 5.75 Å². The summed E-state index contributed by atoms with van der Waals surface area (Å²) in [6.45, 7) is 2.46. The van der Waals surface area contributed by atoms with Gasteiger partial charge in [0.05, 0.1) is 24.6 Å². The number of aliphatic hydroxyl groups excluding tert-OH is 1.